The highest BCUT2D eigenvalue weighted by molar-refractivity contribution is 5.52. The maximum Gasteiger partial charge on any atom is 0.161 e. The van der Waals surface area contributed by atoms with Gasteiger partial charge in [0.25, 0.3) is 0 Å². The number of rotatable bonds is 4. The molecule has 5 nitrogen and oxygen atoms in total. The summed E-state index contributed by atoms with van der Waals surface area (Å²) in [5, 5.41) is 6.99. The second-order valence-corrected chi connectivity index (χ2v) is 6.18. The van der Waals surface area contributed by atoms with E-state index >= 15 is 0 Å². The SMILES string of the molecule is CNCC1NCC2(CCOCC2)c2cc(OC)c(OC)cc21. The van der Waals surface area contributed by atoms with Crippen LogP contribution in [0.2, 0.25) is 0 Å². The number of hydrogen-bond acceptors (Lipinski definition) is 5. The van der Waals surface area contributed by atoms with Crippen molar-refractivity contribution in [3.8, 4) is 11.5 Å². The smallest absolute Gasteiger partial charge is 0.161 e. The first-order valence-electron chi connectivity index (χ1n) is 7.96. The standard InChI is InChI=1S/C17H26N2O3/c1-18-10-14-12-8-15(20-2)16(21-3)9-13(12)17(11-19-14)4-6-22-7-5-17/h8-9,14,18-19H,4-7,10-11H2,1-3H3. The fraction of sp³-hybridized carbons (Fsp3) is 0.647. The molecular formula is C17H26N2O3. The Morgan fingerprint density at radius 3 is 2.55 bits per heavy atom. The quantitative estimate of drug-likeness (QED) is 0.885. The third-order valence-corrected chi connectivity index (χ3v) is 5.05. The first-order valence-corrected chi connectivity index (χ1v) is 7.96. The van der Waals surface area contributed by atoms with Crippen molar-refractivity contribution >= 4 is 0 Å². The number of benzene rings is 1. The summed E-state index contributed by atoms with van der Waals surface area (Å²) in [5.41, 5.74) is 2.87. The van der Waals surface area contributed by atoms with E-state index in [9.17, 15) is 0 Å². The summed E-state index contributed by atoms with van der Waals surface area (Å²) in [7, 11) is 5.38. The largest absolute Gasteiger partial charge is 0.493 e. The van der Waals surface area contributed by atoms with Gasteiger partial charge < -0.3 is 24.8 Å². The van der Waals surface area contributed by atoms with E-state index in [1.165, 1.54) is 11.1 Å². The lowest BCUT2D eigenvalue weighted by atomic mass is 9.69. The molecule has 1 aromatic carbocycles. The Kier molecular flexibility index (Phi) is 4.57. The summed E-state index contributed by atoms with van der Waals surface area (Å²) in [6.45, 7) is 3.54. The zero-order chi connectivity index (χ0) is 15.6. The van der Waals surface area contributed by atoms with Gasteiger partial charge in [-0.1, -0.05) is 0 Å². The highest BCUT2D eigenvalue weighted by atomic mass is 16.5. The average Bonchev–Trinajstić information content (AvgIpc) is 2.57. The van der Waals surface area contributed by atoms with E-state index < -0.39 is 0 Å². The Hall–Kier alpha value is -1.30. The first-order chi connectivity index (χ1) is 10.7. The van der Waals surface area contributed by atoms with Crippen LogP contribution in [0, 0.1) is 0 Å². The predicted molar refractivity (Wildman–Crippen MR) is 85.9 cm³/mol. The molecule has 2 aliphatic rings. The van der Waals surface area contributed by atoms with Crippen molar-refractivity contribution in [2.45, 2.75) is 24.3 Å². The minimum atomic E-state index is 0.150. The van der Waals surface area contributed by atoms with Crippen molar-refractivity contribution in [2.24, 2.45) is 0 Å². The summed E-state index contributed by atoms with van der Waals surface area (Å²) >= 11 is 0. The second kappa shape index (κ2) is 6.44. The fourth-order valence-corrected chi connectivity index (χ4v) is 3.76. The molecular weight excluding hydrogens is 280 g/mol. The van der Waals surface area contributed by atoms with Crippen LogP contribution in [0.1, 0.15) is 30.0 Å². The van der Waals surface area contributed by atoms with Crippen LogP contribution in [0.25, 0.3) is 0 Å². The summed E-state index contributed by atoms with van der Waals surface area (Å²) in [6.07, 6.45) is 2.10. The molecule has 0 saturated carbocycles. The minimum absolute atomic E-state index is 0.150. The van der Waals surface area contributed by atoms with Gasteiger partial charge in [-0.15, -0.1) is 0 Å². The summed E-state index contributed by atoms with van der Waals surface area (Å²) in [4.78, 5) is 0. The molecule has 1 atom stereocenters. The lowest BCUT2D eigenvalue weighted by Gasteiger charge is -2.45. The van der Waals surface area contributed by atoms with Crippen molar-refractivity contribution in [1.29, 1.82) is 0 Å². The zero-order valence-electron chi connectivity index (χ0n) is 13.7. The van der Waals surface area contributed by atoms with Gasteiger partial charge in [0.1, 0.15) is 0 Å². The number of nitrogens with one attached hydrogen (secondary N) is 2. The Bertz CT molecular complexity index is 527. The van der Waals surface area contributed by atoms with Crippen LogP contribution in [0.5, 0.6) is 11.5 Å². The van der Waals surface area contributed by atoms with Crippen molar-refractivity contribution in [2.75, 3.05) is 47.6 Å². The van der Waals surface area contributed by atoms with E-state index in [-0.39, 0.29) is 5.41 Å². The van der Waals surface area contributed by atoms with Gasteiger partial charge in [-0.25, -0.2) is 0 Å². The van der Waals surface area contributed by atoms with Crippen molar-refractivity contribution in [1.82, 2.24) is 10.6 Å². The lowest BCUT2D eigenvalue weighted by Crippen LogP contribution is -2.50. The molecule has 5 heteroatoms. The van der Waals surface area contributed by atoms with E-state index in [0.29, 0.717) is 6.04 Å². The normalized spacial score (nSPS) is 23.1. The van der Waals surface area contributed by atoms with Crippen LogP contribution in [0.15, 0.2) is 12.1 Å². The molecule has 1 aromatic rings. The molecule has 3 rings (SSSR count). The van der Waals surface area contributed by atoms with Crippen LogP contribution < -0.4 is 20.1 Å². The van der Waals surface area contributed by atoms with Crippen LogP contribution in [-0.2, 0) is 10.2 Å². The Balaban J connectivity index is 2.09. The molecule has 0 aromatic heterocycles. The molecule has 1 spiro atoms. The van der Waals surface area contributed by atoms with Gasteiger partial charge in [0, 0.05) is 37.8 Å². The summed E-state index contributed by atoms with van der Waals surface area (Å²) < 4.78 is 16.6. The van der Waals surface area contributed by atoms with E-state index in [0.717, 1.165) is 50.6 Å². The van der Waals surface area contributed by atoms with E-state index in [2.05, 4.69) is 22.8 Å². The minimum Gasteiger partial charge on any atom is -0.493 e. The highest BCUT2D eigenvalue weighted by Gasteiger charge is 2.41. The first kappa shape index (κ1) is 15.6. The average molecular weight is 306 g/mol. The monoisotopic (exact) mass is 306 g/mol. The Morgan fingerprint density at radius 1 is 1.23 bits per heavy atom. The summed E-state index contributed by atoms with van der Waals surface area (Å²) in [5.74, 6) is 1.62. The van der Waals surface area contributed by atoms with Crippen LogP contribution in [0.4, 0.5) is 0 Å². The molecule has 0 amide bonds. The number of likely N-dealkylation sites (N-methyl/N-ethyl adjacent to an activating group) is 1. The van der Waals surface area contributed by atoms with Gasteiger partial charge in [0.2, 0.25) is 0 Å². The molecule has 1 unspecified atom stereocenters. The third-order valence-electron chi connectivity index (χ3n) is 5.05. The molecule has 2 N–H and O–H groups in total. The maximum atomic E-state index is 5.59. The molecule has 0 bridgehead atoms. The molecule has 2 aliphatic heterocycles. The Labute approximate surface area is 132 Å². The predicted octanol–water partition coefficient (Wildman–Crippen LogP) is 1.62. The molecule has 22 heavy (non-hydrogen) atoms. The Morgan fingerprint density at radius 2 is 1.91 bits per heavy atom. The van der Waals surface area contributed by atoms with Gasteiger partial charge in [0.05, 0.1) is 14.2 Å². The van der Waals surface area contributed by atoms with Gasteiger partial charge in [0.15, 0.2) is 11.5 Å². The van der Waals surface area contributed by atoms with Crippen LogP contribution in [-0.4, -0.2) is 47.6 Å². The molecule has 0 aliphatic carbocycles. The molecule has 1 fully saturated rings. The summed E-state index contributed by atoms with van der Waals surface area (Å²) in [6, 6.07) is 4.62. The second-order valence-electron chi connectivity index (χ2n) is 6.18. The maximum absolute atomic E-state index is 5.59. The molecule has 2 heterocycles. The topological polar surface area (TPSA) is 51.8 Å². The molecule has 122 valence electrons. The zero-order valence-corrected chi connectivity index (χ0v) is 13.7. The molecule has 1 saturated heterocycles. The number of methoxy groups -OCH3 is 2. The van der Waals surface area contributed by atoms with Gasteiger partial charge in [-0.3, -0.25) is 0 Å². The van der Waals surface area contributed by atoms with E-state index in [1.807, 2.05) is 7.05 Å². The van der Waals surface area contributed by atoms with Crippen molar-refractivity contribution < 1.29 is 14.2 Å². The third kappa shape index (κ3) is 2.57. The number of fused-ring (bicyclic) bond motifs is 2. The lowest BCUT2D eigenvalue weighted by molar-refractivity contribution is 0.0452. The van der Waals surface area contributed by atoms with Crippen molar-refractivity contribution in [3.63, 3.8) is 0 Å². The van der Waals surface area contributed by atoms with Crippen LogP contribution in [0.3, 0.4) is 0 Å². The van der Waals surface area contributed by atoms with Crippen LogP contribution >= 0.6 is 0 Å². The van der Waals surface area contributed by atoms with Gasteiger partial charge in [-0.2, -0.15) is 0 Å². The molecule has 0 radical (unpaired) electrons. The van der Waals surface area contributed by atoms with Gasteiger partial charge >= 0.3 is 0 Å². The van der Waals surface area contributed by atoms with Crippen molar-refractivity contribution in [3.05, 3.63) is 23.3 Å². The van der Waals surface area contributed by atoms with E-state index in [4.69, 9.17) is 14.2 Å². The number of hydrogen-bond donors (Lipinski definition) is 2. The number of ether oxygens (including phenoxy) is 3. The highest BCUT2D eigenvalue weighted by Crippen LogP contribution is 2.45. The fourth-order valence-electron chi connectivity index (χ4n) is 3.76. The van der Waals surface area contributed by atoms with E-state index in [1.54, 1.807) is 14.2 Å². The van der Waals surface area contributed by atoms with Gasteiger partial charge in [-0.05, 0) is 43.1 Å².